The molecular formula is C20H27NO4. The summed E-state index contributed by atoms with van der Waals surface area (Å²) in [6.07, 6.45) is 3.37. The molecule has 2 unspecified atom stereocenters. The minimum absolute atomic E-state index is 0.174. The topological polar surface area (TPSA) is 53.2 Å². The smallest absolute Gasteiger partial charge is 0.158 e. The highest BCUT2D eigenvalue weighted by Crippen LogP contribution is 2.19. The molecule has 0 fully saturated rings. The zero-order chi connectivity index (χ0) is 18.1. The van der Waals surface area contributed by atoms with E-state index in [9.17, 15) is 0 Å². The van der Waals surface area contributed by atoms with E-state index < -0.39 is 0 Å². The van der Waals surface area contributed by atoms with Crippen molar-refractivity contribution >= 4 is 5.71 Å². The van der Waals surface area contributed by atoms with E-state index in [2.05, 4.69) is 19.0 Å². The van der Waals surface area contributed by atoms with Crippen molar-refractivity contribution in [2.24, 2.45) is 5.16 Å². The minimum Gasteiger partial charge on any atom is -0.491 e. The van der Waals surface area contributed by atoms with E-state index in [0.717, 1.165) is 35.8 Å². The third-order valence-electron chi connectivity index (χ3n) is 3.70. The Hall–Kier alpha value is -2.43. The lowest BCUT2D eigenvalue weighted by Gasteiger charge is -2.14. The van der Waals surface area contributed by atoms with Crippen molar-refractivity contribution in [3.63, 3.8) is 0 Å². The number of benzene rings is 1. The van der Waals surface area contributed by atoms with Gasteiger partial charge in [-0.05, 0) is 63.1 Å². The highest BCUT2D eigenvalue weighted by molar-refractivity contribution is 5.97. The lowest BCUT2D eigenvalue weighted by atomic mass is 10.2. The van der Waals surface area contributed by atoms with Gasteiger partial charge in [-0.15, -0.1) is 0 Å². The number of rotatable bonds is 10. The molecule has 136 valence electrons. The van der Waals surface area contributed by atoms with Crippen LogP contribution in [0.15, 0.2) is 52.2 Å². The molecule has 5 nitrogen and oxygen atoms in total. The third-order valence-corrected chi connectivity index (χ3v) is 3.70. The van der Waals surface area contributed by atoms with E-state index in [4.69, 9.17) is 18.7 Å². The Morgan fingerprint density at radius 2 is 1.76 bits per heavy atom. The largest absolute Gasteiger partial charge is 0.491 e. The summed E-state index contributed by atoms with van der Waals surface area (Å²) in [5.74, 6) is 2.35. The first-order valence-electron chi connectivity index (χ1n) is 8.78. The Bertz CT molecular complexity index is 634. The van der Waals surface area contributed by atoms with Crippen LogP contribution in [0.2, 0.25) is 0 Å². The molecule has 0 aliphatic heterocycles. The minimum atomic E-state index is -0.174. The molecule has 1 aromatic heterocycles. The fraction of sp³-hybridized carbons (Fsp3) is 0.450. The molecule has 0 saturated carbocycles. The first kappa shape index (κ1) is 18.9. The molecule has 0 saturated heterocycles. The van der Waals surface area contributed by atoms with Gasteiger partial charge in [0.25, 0.3) is 0 Å². The molecule has 1 heterocycles. The van der Waals surface area contributed by atoms with Gasteiger partial charge in [-0.1, -0.05) is 19.0 Å². The van der Waals surface area contributed by atoms with E-state index in [0.29, 0.717) is 6.61 Å². The van der Waals surface area contributed by atoms with Crippen molar-refractivity contribution in [2.75, 3.05) is 6.61 Å². The second kappa shape index (κ2) is 9.77. The average molecular weight is 345 g/mol. The summed E-state index contributed by atoms with van der Waals surface area (Å²) in [5, 5.41) is 4.18. The molecule has 2 rings (SSSR count). The standard InChI is InChI=1S/C20H27NO4/c1-5-15(3)24-18-11-9-17(10-12-18)23-14-16(4)25-21-19(6-2)20-8-7-13-22-20/h7-13,15-16H,5-6,14H2,1-4H3/b21-19+. The zero-order valence-electron chi connectivity index (χ0n) is 15.4. The molecule has 0 aliphatic rings. The zero-order valence-corrected chi connectivity index (χ0v) is 15.4. The SMILES string of the molecule is CC/C(=N\OC(C)COc1ccc(OC(C)CC)cc1)c1ccco1. The van der Waals surface area contributed by atoms with Crippen LogP contribution >= 0.6 is 0 Å². The molecule has 0 radical (unpaired) electrons. The van der Waals surface area contributed by atoms with Crippen LogP contribution in [0, 0.1) is 0 Å². The monoisotopic (exact) mass is 345 g/mol. The average Bonchev–Trinajstić information content (AvgIpc) is 3.16. The van der Waals surface area contributed by atoms with Crippen molar-refractivity contribution in [3.8, 4) is 11.5 Å². The van der Waals surface area contributed by atoms with E-state index >= 15 is 0 Å². The predicted molar refractivity (Wildman–Crippen MR) is 98.4 cm³/mol. The van der Waals surface area contributed by atoms with Crippen LogP contribution in [0.5, 0.6) is 11.5 Å². The maximum atomic E-state index is 5.75. The van der Waals surface area contributed by atoms with Gasteiger partial charge in [0.05, 0.1) is 12.4 Å². The summed E-state index contributed by atoms with van der Waals surface area (Å²) in [5.41, 5.74) is 0.781. The Balaban J connectivity index is 1.80. The summed E-state index contributed by atoms with van der Waals surface area (Å²) >= 11 is 0. The van der Waals surface area contributed by atoms with Gasteiger partial charge in [0.2, 0.25) is 0 Å². The van der Waals surface area contributed by atoms with Crippen LogP contribution in [0.3, 0.4) is 0 Å². The fourth-order valence-corrected chi connectivity index (χ4v) is 2.05. The summed E-state index contributed by atoms with van der Waals surface area (Å²) in [4.78, 5) is 5.51. The molecule has 2 atom stereocenters. The van der Waals surface area contributed by atoms with Crippen LogP contribution in [0.1, 0.15) is 46.3 Å². The Labute approximate surface area is 149 Å². The molecule has 0 amide bonds. The quantitative estimate of drug-likeness (QED) is 0.446. The lowest BCUT2D eigenvalue weighted by molar-refractivity contribution is 0.0362. The predicted octanol–water partition coefficient (Wildman–Crippen LogP) is 5.06. The van der Waals surface area contributed by atoms with Gasteiger partial charge in [0.15, 0.2) is 11.9 Å². The van der Waals surface area contributed by atoms with Gasteiger partial charge in [0, 0.05) is 0 Å². The molecule has 5 heteroatoms. The van der Waals surface area contributed by atoms with Crippen LogP contribution < -0.4 is 9.47 Å². The van der Waals surface area contributed by atoms with E-state index in [1.54, 1.807) is 6.26 Å². The number of nitrogens with zero attached hydrogens (tertiary/aromatic N) is 1. The van der Waals surface area contributed by atoms with Gasteiger partial charge < -0.3 is 18.7 Å². The fourth-order valence-electron chi connectivity index (χ4n) is 2.05. The number of oxime groups is 1. The van der Waals surface area contributed by atoms with Crippen LogP contribution in [0.4, 0.5) is 0 Å². The van der Waals surface area contributed by atoms with Gasteiger partial charge >= 0.3 is 0 Å². The van der Waals surface area contributed by atoms with Crippen molar-refractivity contribution in [1.29, 1.82) is 0 Å². The normalized spacial score (nSPS) is 14.0. The van der Waals surface area contributed by atoms with Crippen molar-refractivity contribution in [1.82, 2.24) is 0 Å². The summed E-state index contributed by atoms with van der Waals surface area (Å²) in [7, 11) is 0. The number of hydrogen-bond donors (Lipinski definition) is 0. The molecule has 2 aromatic rings. The van der Waals surface area contributed by atoms with Gasteiger partial charge in [-0.25, -0.2) is 0 Å². The van der Waals surface area contributed by atoms with Crippen molar-refractivity contribution < 1.29 is 18.7 Å². The second-order valence-corrected chi connectivity index (χ2v) is 5.90. The highest BCUT2D eigenvalue weighted by atomic mass is 16.6. The second-order valence-electron chi connectivity index (χ2n) is 5.90. The van der Waals surface area contributed by atoms with Crippen molar-refractivity contribution in [3.05, 3.63) is 48.4 Å². The van der Waals surface area contributed by atoms with Crippen LogP contribution in [-0.4, -0.2) is 24.5 Å². The maximum absolute atomic E-state index is 5.75. The van der Waals surface area contributed by atoms with Gasteiger partial charge in [-0.3, -0.25) is 0 Å². The third kappa shape index (κ3) is 6.18. The number of ether oxygens (including phenoxy) is 2. The van der Waals surface area contributed by atoms with E-state index in [1.165, 1.54) is 0 Å². The lowest BCUT2D eigenvalue weighted by Crippen LogP contribution is -2.17. The van der Waals surface area contributed by atoms with E-state index in [1.807, 2.05) is 50.2 Å². The Morgan fingerprint density at radius 3 is 2.36 bits per heavy atom. The number of furan rings is 1. The molecule has 0 N–H and O–H groups in total. The molecular weight excluding hydrogens is 318 g/mol. The first-order chi connectivity index (χ1) is 12.1. The first-order valence-corrected chi connectivity index (χ1v) is 8.78. The van der Waals surface area contributed by atoms with Crippen LogP contribution in [0.25, 0.3) is 0 Å². The summed E-state index contributed by atoms with van der Waals surface area (Å²) in [6, 6.07) is 11.3. The number of hydrogen-bond acceptors (Lipinski definition) is 5. The molecule has 0 aliphatic carbocycles. The molecule has 25 heavy (non-hydrogen) atoms. The highest BCUT2D eigenvalue weighted by Gasteiger charge is 2.08. The molecule has 0 spiro atoms. The van der Waals surface area contributed by atoms with Gasteiger partial charge in [-0.2, -0.15) is 0 Å². The summed E-state index contributed by atoms with van der Waals surface area (Å²) < 4.78 is 16.8. The molecule has 1 aromatic carbocycles. The van der Waals surface area contributed by atoms with Gasteiger partial charge in [0.1, 0.15) is 23.8 Å². The Kier molecular flexibility index (Phi) is 7.38. The Morgan fingerprint density at radius 1 is 1.04 bits per heavy atom. The summed E-state index contributed by atoms with van der Waals surface area (Å²) in [6.45, 7) is 8.48. The maximum Gasteiger partial charge on any atom is 0.158 e. The van der Waals surface area contributed by atoms with Crippen LogP contribution in [-0.2, 0) is 4.84 Å². The molecule has 0 bridgehead atoms. The van der Waals surface area contributed by atoms with Crippen molar-refractivity contribution in [2.45, 2.75) is 52.7 Å². The van der Waals surface area contributed by atoms with E-state index in [-0.39, 0.29) is 12.2 Å².